The Morgan fingerprint density at radius 3 is 2.26 bits per heavy atom. The van der Waals surface area contributed by atoms with E-state index in [0.29, 0.717) is 11.1 Å². The zero-order chi connectivity index (χ0) is 17.9. The topological polar surface area (TPSA) is 127 Å². The smallest absolute Gasteiger partial charge is 0.321 e. The van der Waals surface area contributed by atoms with Gasteiger partial charge in [0.1, 0.15) is 6.04 Å². The zero-order valence-corrected chi connectivity index (χ0v) is 14.2. The fourth-order valence-corrected chi connectivity index (χ4v) is 3.49. The van der Waals surface area contributed by atoms with Crippen molar-refractivity contribution in [1.29, 1.82) is 0 Å². The van der Waals surface area contributed by atoms with E-state index in [1.807, 2.05) is 0 Å². The number of carboxylic acid groups (broad SMARTS) is 1. The first-order chi connectivity index (χ1) is 10.5. The molecule has 0 amide bonds. The molecule has 1 rings (SSSR count). The molecule has 0 saturated carbocycles. The average Bonchev–Trinajstić information content (AvgIpc) is 2.39. The number of nitrogens with zero attached hydrogens (tertiary/aromatic N) is 1. The van der Waals surface area contributed by atoms with E-state index in [1.165, 1.54) is 12.1 Å². The molecule has 0 aromatic heterocycles. The number of hydrogen-bond donors (Lipinski definition) is 2. The van der Waals surface area contributed by atoms with Crippen molar-refractivity contribution in [3.8, 4) is 0 Å². The molecule has 0 aliphatic carbocycles. The standard InChI is InChI=1S/C14H20N2O6S/c1-8(2)5-11(14(17)18)15-23(21,22)13-7-10(4)9(3)6-12(13)16(19)20/h6-8,11,15H,5H2,1-4H3,(H,17,18)/t11-/m1/s1. The highest BCUT2D eigenvalue weighted by atomic mass is 32.2. The summed E-state index contributed by atoms with van der Waals surface area (Å²) in [5.74, 6) is -1.39. The Labute approximate surface area is 134 Å². The van der Waals surface area contributed by atoms with Crippen LogP contribution < -0.4 is 4.72 Å². The van der Waals surface area contributed by atoms with Gasteiger partial charge < -0.3 is 5.11 Å². The highest BCUT2D eigenvalue weighted by Crippen LogP contribution is 2.27. The predicted molar refractivity (Wildman–Crippen MR) is 83.8 cm³/mol. The molecule has 23 heavy (non-hydrogen) atoms. The number of nitro groups is 1. The van der Waals surface area contributed by atoms with Crippen molar-refractivity contribution in [3.05, 3.63) is 33.4 Å². The van der Waals surface area contributed by atoms with E-state index < -0.39 is 37.5 Å². The van der Waals surface area contributed by atoms with E-state index in [9.17, 15) is 23.3 Å². The summed E-state index contributed by atoms with van der Waals surface area (Å²) in [5, 5.41) is 20.3. The molecule has 0 aliphatic heterocycles. The summed E-state index contributed by atoms with van der Waals surface area (Å²) in [4.78, 5) is 21.0. The monoisotopic (exact) mass is 344 g/mol. The van der Waals surface area contributed by atoms with Crippen LogP contribution >= 0.6 is 0 Å². The van der Waals surface area contributed by atoms with Gasteiger partial charge in [0.05, 0.1) is 4.92 Å². The van der Waals surface area contributed by atoms with Crippen LogP contribution in [0.5, 0.6) is 0 Å². The van der Waals surface area contributed by atoms with E-state index in [0.717, 1.165) is 0 Å². The average molecular weight is 344 g/mol. The number of rotatable bonds is 7. The van der Waals surface area contributed by atoms with Crippen LogP contribution in [0.15, 0.2) is 17.0 Å². The van der Waals surface area contributed by atoms with E-state index in [4.69, 9.17) is 5.11 Å². The number of carboxylic acids is 1. The van der Waals surface area contributed by atoms with Crippen LogP contribution in [-0.2, 0) is 14.8 Å². The summed E-state index contributed by atoms with van der Waals surface area (Å²) in [6, 6.07) is 1.01. The molecular formula is C14H20N2O6S. The van der Waals surface area contributed by atoms with Gasteiger partial charge >= 0.3 is 5.97 Å². The lowest BCUT2D eigenvalue weighted by Crippen LogP contribution is -2.41. The van der Waals surface area contributed by atoms with Crippen LogP contribution in [0, 0.1) is 29.9 Å². The van der Waals surface area contributed by atoms with Crippen LogP contribution in [-0.4, -0.2) is 30.5 Å². The van der Waals surface area contributed by atoms with Gasteiger partial charge in [0, 0.05) is 6.07 Å². The van der Waals surface area contributed by atoms with Gasteiger partial charge in [-0.05, 0) is 43.4 Å². The molecule has 0 saturated heterocycles. The Morgan fingerprint density at radius 2 is 1.83 bits per heavy atom. The minimum atomic E-state index is -4.34. The molecule has 1 aromatic carbocycles. The maximum absolute atomic E-state index is 12.4. The van der Waals surface area contributed by atoms with Crippen molar-refractivity contribution in [2.45, 2.75) is 45.1 Å². The molecule has 0 radical (unpaired) electrons. The second-order valence-corrected chi connectivity index (χ2v) is 7.49. The molecule has 0 spiro atoms. The van der Waals surface area contributed by atoms with E-state index in [2.05, 4.69) is 4.72 Å². The van der Waals surface area contributed by atoms with Gasteiger partial charge in [-0.1, -0.05) is 13.8 Å². The predicted octanol–water partition coefficient (Wildman–Crippen LogP) is 1.99. The molecule has 8 nitrogen and oxygen atoms in total. The van der Waals surface area contributed by atoms with E-state index in [-0.39, 0.29) is 12.3 Å². The largest absolute Gasteiger partial charge is 0.480 e. The quantitative estimate of drug-likeness (QED) is 0.575. The first-order valence-corrected chi connectivity index (χ1v) is 8.44. The molecule has 0 bridgehead atoms. The number of nitro benzene ring substituents is 1. The molecule has 1 aromatic rings. The van der Waals surface area contributed by atoms with Crippen LogP contribution in [0.4, 0.5) is 5.69 Å². The first kappa shape index (κ1) is 19.0. The van der Waals surface area contributed by atoms with Crippen LogP contribution in [0.1, 0.15) is 31.4 Å². The normalized spacial score (nSPS) is 13.1. The zero-order valence-electron chi connectivity index (χ0n) is 13.4. The maximum Gasteiger partial charge on any atom is 0.321 e. The van der Waals surface area contributed by atoms with Gasteiger partial charge in [-0.2, -0.15) is 4.72 Å². The van der Waals surface area contributed by atoms with Gasteiger partial charge in [0.15, 0.2) is 4.90 Å². The number of carbonyl (C=O) groups is 1. The molecule has 128 valence electrons. The Kier molecular flexibility index (Phi) is 5.84. The number of aryl methyl sites for hydroxylation is 2. The van der Waals surface area contributed by atoms with Crippen molar-refractivity contribution >= 4 is 21.7 Å². The fourth-order valence-electron chi connectivity index (χ4n) is 2.05. The van der Waals surface area contributed by atoms with Crippen molar-refractivity contribution in [2.24, 2.45) is 5.92 Å². The Balaban J connectivity index is 3.35. The SMILES string of the molecule is Cc1cc([N+](=O)[O-])c(S(=O)(=O)N[C@H](CC(C)C)C(=O)O)cc1C. The second-order valence-electron chi connectivity index (χ2n) is 5.80. The molecule has 0 unspecified atom stereocenters. The summed E-state index contributed by atoms with van der Waals surface area (Å²) in [5.41, 5.74) is 0.564. The van der Waals surface area contributed by atoms with E-state index in [1.54, 1.807) is 27.7 Å². The fraction of sp³-hybridized carbons (Fsp3) is 0.500. The highest BCUT2D eigenvalue weighted by molar-refractivity contribution is 7.89. The summed E-state index contributed by atoms with van der Waals surface area (Å²) < 4.78 is 26.9. The van der Waals surface area contributed by atoms with E-state index >= 15 is 0 Å². The summed E-state index contributed by atoms with van der Waals surface area (Å²) in [7, 11) is -4.34. The third-order valence-electron chi connectivity index (χ3n) is 3.36. The van der Waals surface area contributed by atoms with Crippen molar-refractivity contribution in [1.82, 2.24) is 4.72 Å². The summed E-state index contributed by atoms with van der Waals surface area (Å²) in [6.07, 6.45) is 0.0766. The maximum atomic E-state index is 12.4. The minimum absolute atomic E-state index is 0.0615. The lowest BCUT2D eigenvalue weighted by Gasteiger charge is -2.17. The summed E-state index contributed by atoms with van der Waals surface area (Å²) >= 11 is 0. The van der Waals surface area contributed by atoms with Gasteiger partial charge in [-0.25, -0.2) is 8.42 Å². The number of hydrogen-bond acceptors (Lipinski definition) is 5. The number of benzene rings is 1. The molecule has 1 atom stereocenters. The molecule has 2 N–H and O–H groups in total. The first-order valence-electron chi connectivity index (χ1n) is 6.96. The third kappa shape index (κ3) is 4.73. The highest BCUT2D eigenvalue weighted by Gasteiger charge is 2.31. The lowest BCUT2D eigenvalue weighted by molar-refractivity contribution is -0.387. The number of aliphatic carboxylic acids is 1. The molecular weight excluding hydrogens is 324 g/mol. The van der Waals surface area contributed by atoms with Crippen LogP contribution in [0.2, 0.25) is 0 Å². The Bertz CT molecular complexity index is 727. The van der Waals surface area contributed by atoms with Crippen LogP contribution in [0.3, 0.4) is 0 Å². The van der Waals surface area contributed by atoms with Gasteiger partial charge in [-0.3, -0.25) is 14.9 Å². The molecule has 9 heteroatoms. The number of sulfonamides is 1. The van der Waals surface area contributed by atoms with Crippen molar-refractivity contribution in [2.75, 3.05) is 0 Å². The molecule has 0 fully saturated rings. The Morgan fingerprint density at radius 1 is 1.30 bits per heavy atom. The minimum Gasteiger partial charge on any atom is -0.480 e. The third-order valence-corrected chi connectivity index (χ3v) is 4.86. The van der Waals surface area contributed by atoms with Gasteiger partial charge in [0.25, 0.3) is 5.69 Å². The number of nitrogens with one attached hydrogen (secondary N) is 1. The lowest BCUT2D eigenvalue weighted by atomic mass is 10.1. The molecule has 0 aliphatic rings. The van der Waals surface area contributed by atoms with Gasteiger partial charge in [-0.15, -0.1) is 0 Å². The Hall–Kier alpha value is -2.00. The second kappa shape index (κ2) is 7.05. The van der Waals surface area contributed by atoms with Gasteiger partial charge in [0.2, 0.25) is 10.0 Å². The van der Waals surface area contributed by atoms with Crippen molar-refractivity contribution < 1.29 is 23.2 Å². The molecule has 0 heterocycles. The van der Waals surface area contributed by atoms with Crippen molar-refractivity contribution in [3.63, 3.8) is 0 Å². The summed E-state index contributed by atoms with van der Waals surface area (Å²) in [6.45, 7) is 6.76. The van der Waals surface area contributed by atoms with Crippen LogP contribution in [0.25, 0.3) is 0 Å².